The topological polar surface area (TPSA) is 29.4 Å². The lowest BCUT2D eigenvalue weighted by Crippen LogP contribution is -1.93. The first-order valence-electron chi connectivity index (χ1n) is 5.09. The van der Waals surface area contributed by atoms with Crippen molar-refractivity contribution in [3.05, 3.63) is 60.2 Å². The van der Waals surface area contributed by atoms with Gasteiger partial charge in [0.05, 0.1) is 5.16 Å². The first-order valence-corrected chi connectivity index (χ1v) is 5.50. The van der Waals surface area contributed by atoms with Gasteiger partial charge in [0.25, 0.3) is 5.91 Å². The molecule has 0 atom stereocenters. The molecule has 3 heteroatoms. The Morgan fingerprint density at radius 3 is 2.12 bits per heavy atom. The monoisotopic (exact) mass is 239 g/mol. The number of hydrogen-bond donors (Lipinski definition) is 0. The van der Waals surface area contributed by atoms with Gasteiger partial charge < -0.3 is 0 Å². The third kappa shape index (κ3) is 2.72. The van der Waals surface area contributed by atoms with E-state index in [1.165, 1.54) is 0 Å². The molecule has 2 rings (SSSR count). The van der Waals surface area contributed by atoms with Gasteiger partial charge in [-0.15, -0.1) is 0 Å². The molecule has 1 amide bonds. The SMILES string of the molecule is O=C(N=C=S)c1ccc(-c2ccccc2)cc1. The van der Waals surface area contributed by atoms with E-state index in [1.807, 2.05) is 42.5 Å². The molecule has 0 spiro atoms. The van der Waals surface area contributed by atoms with E-state index in [4.69, 9.17) is 0 Å². The molecule has 0 N–H and O–H groups in total. The highest BCUT2D eigenvalue weighted by atomic mass is 32.1. The molecular weight excluding hydrogens is 230 g/mol. The number of hydrogen-bond acceptors (Lipinski definition) is 2. The Kier molecular flexibility index (Phi) is 3.55. The second-order valence-corrected chi connectivity index (χ2v) is 3.63. The summed E-state index contributed by atoms with van der Waals surface area (Å²) >= 11 is 4.39. The number of amides is 1. The minimum absolute atomic E-state index is 0.361. The van der Waals surface area contributed by atoms with Crippen LogP contribution in [0.2, 0.25) is 0 Å². The van der Waals surface area contributed by atoms with Gasteiger partial charge in [-0.2, -0.15) is 4.99 Å². The Labute approximate surface area is 105 Å². The van der Waals surface area contributed by atoms with Crippen molar-refractivity contribution in [2.24, 2.45) is 4.99 Å². The van der Waals surface area contributed by atoms with Crippen LogP contribution in [-0.2, 0) is 0 Å². The van der Waals surface area contributed by atoms with E-state index < -0.39 is 0 Å². The van der Waals surface area contributed by atoms with E-state index in [9.17, 15) is 4.79 Å². The van der Waals surface area contributed by atoms with Crippen LogP contribution in [0.1, 0.15) is 10.4 Å². The summed E-state index contributed by atoms with van der Waals surface area (Å²) in [4.78, 5) is 14.8. The van der Waals surface area contributed by atoms with Crippen LogP contribution in [-0.4, -0.2) is 11.1 Å². The van der Waals surface area contributed by atoms with Crippen molar-refractivity contribution in [3.63, 3.8) is 0 Å². The quantitative estimate of drug-likeness (QED) is 0.592. The molecule has 0 bridgehead atoms. The second-order valence-electron chi connectivity index (χ2n) is 3.45. The third-order valence-electron chi connectivity index (χ3n) is 2.39. The molecule has 17 heavy (non-hydrogen) atoms. The van der Waals surface area contributed by atoms with Crippen LogP contribution in [0, 0.1) is 0 Å². The van der Waals surface area contributed by atoms with Crippen LogP contribution >= 0.6 is 12.2 Å². The van der Waals surface area contributed by atoms with Gasteiger partial charge in [-0.25, -0.2) is 0 Å². The Hall–Kier alpha value is -2.09. The molecule has 0 aliphatic carbocycles. The highest BCUT2D eigenvalue weighted by molar-refractivity contribution is 7.78. The van der Waals surface area contributed by atoms with Gasteiger partial charge in [-0.05, 0) is 35.5 Å². The van der Waals surface area contributed by atoms with Crippen LogP contribution in [0.3, 0.4) is 0 Å². The van der Waals surface area contributed by atoms with Crippen LogP contribution in [0.15, 0.2) is 59.6 Å². The zero-order chi connectivity index (χ0) is 12.1. The minimum atomic E-state index is -0.361. The van der Waals surface area contributed by atoms with Crippen molar-refractivity contribution >= 4 is 23.3 Å². The number of isothiocyanates is 1. The largest absolute Gasteiger partial charge is 0.285 e. The minimum Gasteiger partial charge on any atom is -0.266 e. The molecular formula is C14H9NOS. The number of thiocarbonyl (C=S) groups is 1. The van der Waals surface area contributed by atoms with Gasteiger partial charge >= 0.3 is 0 Å². The molecule has 82 valence electrons. The van der Waals surface area contributed by atoms with Crippen molar-refractivity contribution < 1.29 is 4.79 Å². The summed E-state index contributed by atoms with van der Waals surface area (Å²) in [5.74, 6) is -0.361. The lowest BCUT2D eigenvalue weighted by Gasteiger charge is -2.01. The van der Waals surface area contributed by atoms with E-state index in [0.29, 0.717) is 5.56 Å². The predicted molar refractivity (Wildman–Crippen MR) is 71.2 cm³/mol. The van der Waals surface area contributed by atoms with Crippen molar-refractivity contribution in [2.75, 3.05) is 0 Å². The summed E-state index contributed by atoms with van der Waals surface area (Å²) in [5, 5.41) is 2.07. The fourth-order valence-electron chi connectivity index (χ4n) is 1.54. The molecule has 2 aromatic carbocycles. The normalized spacial score (nSPS) is 9.41. The number of nitrogens with zero attached hydrogens (tertiary/aromatic N) is 1. The zero-order valence-electron chi connectivity index (χ0n) is 8.96. The highest BCUT2D eigenvalue weighted by Crippen LogP contribution is 2.19. The molecule has 0 heterocycles. The number of benzene rings is 2. The number of aliphatic imine (C=N–C) groups is 1. The lowest BCUT2D eigenvalue weighted by atomic mass is 10.0. The van der Waals surface area contributed by atoms with Crippen molar-refractivity contribution in [2.45, 2.75) is 0 Å². The molecule has 0 aromatic heterocycles. The van der Waals surface area contributed by atoms with Crippen LogP contribution in [0.4, 0.5) is 0 Å². The van der Waals surface area contributed by atoms with Gasteiger partial charge in [-0.3, -0.25) is 4.79 Å². The van der Waals surface area contributed by atoms with E-state index in [-0.39, 0.29) is 5.91 Å². The summed E-state index contributed by atoms with van der Waals surface area (Å²) in [6.45, 7) is 0. The van der Waals surface area contributed by atoms with E-state index >= 15 is 0 Å². The first kappa shape index (κ1) is 11.4. The molecule has 0 unspecified atom stereocenters. The Morgan fingerprint density at radius 1 is 0.941 bits per heavy atom. The molecule has 0 radical (unpaired) electrons. The van der Waals surface area contributed by atoms with Gasteiger partial charge in [0.1, 0.15) is 0 Å². The highest BCUT2D eigenvalue weighted by Gasteiger charge is 2.03. The summed E-state index contributed by atoms with van der Waals surface area (Å²) in [6, 6.07) is 17.2. The molecule has 0 aliphatic heterocycles. The maximum atomic E-state index is 11.4. The average Bonchev–Trinajstić information content (AvgIpc) is 2.40. The Bertz CT molecular complexity index is 569. The summed E-state index contributed by atoms with van der Waals surface area (Å²) in [7, 11) is 0. The molecule has 2 aromatic rings. The first-order chi connectivity index (χ1) is 8.31. The molecule has 0 saturated heterocycles. The Balaban J connectivity index is 2.31. The van der Waals surface area contributed by atoms with Gasteiger partial charge in [0, 0.05) is 5.56 Å². The van der Waals surface area contributed by atoms with Crippen LogP contribution < -0.4 is 0 Å². The van der Waals surface area contributed by atoms with E-state index in [0.717, 1.165) is 11.1 Å². The molecule has 0 fully saturated rings. The number of carbonyl (C=O) groups is 1. The Morgan fingerprint density at radius 2 is 1.53 bits per heavy atom. The third-order valence-corrected chi connectivity index (χ3v) is 2.48. The van der Waals surface area contributed by atoms with E-state index in [2.05, 4.69) is 22.4 Å². The van der Waals surface area contributed by atoms with E-state index in [1.54, 1.807) is 12.1 Å². The molecule has 2 nitrogen and oxygen atoms in total. The zero-order valence-corrected chi connectivity index (χ0v) is 9.78. The summed E-state index contributed by atoms with van der Waals surface area (Å²) < 4.78 is 0. The standard InChI is InChI=1S/C14H9NOS/c16-14(15-10-17)13-8-6-12(7-9-13)11-4-2-1-3-5-11/h1-9H. The average molecular weight is 239 g/mol. The van der Waals surface area contributed by atoms with Gasteiger partial charge in [-0.1, -0.05) is 42.5 Å². The van der Waals surface area contributed by atoms with Crippen LogP contribution in [0.25, 0.3) is 11.1 Å². The van der Waals surface area contributed by atoms with Gasteiger partial charge in [0.2, 0.25) is 0 Å². The maximum Gasteiger partial charge on any atom is 0.285 e. The lowest BCUT2D eigenvalue weighted by molar-refractivity contribution is 0.100. The predicted octanol–water partition coefficient (Wildman–Crippen LogP) is 3.60. The second kappa shape index (κ2) is 5.30. The fraction of sp³-hybridized carbons (Fsp3) is 0. The van der Waals surface area contributed by atoms with Gasteiger partial charge in [0.15, 0.2) is 0 Å². The maximum absolute atomic E-state index is 11.4. The summed E-state index contributed by atoms with van der Waals surface area (Å²) in [6.07, 6.45) is 0. The summed E-state index contributed by atoms with van der Waals surface area (Å²) in [5.41, 5.74) is 2.69. The number of carbonyl (C=O) groups excluding carboxylic acids is 1. The molecule has 0 saturated carbocycles. The smallest absolute Gasteiger partial charge is 0.266 e. The van der Waals surface area contributed by atoms with Crippen molar-refractivity contribution in [3.8, 4) is 11.1 Å². The fourth-order valence-corrected chi connectivity index (χ4v) is 1.62. The van der Waals surface area contributed by atoms with Crippen molar-refractivity contribution in [1.29, 1.82) is 0 Å². The molecule has 0 aliphatic rings. The van der Waals surface area contributed by atoms with Crippen LogP contribution in [0.5, 0.6) is 0 Å². The van der Waals surface area contributed by atoms with Crippen molar-refractivity contribution in [1.82, 2.24) is 0 Å². The number of rotatable bonds is 2.